The van der Waals surface area contributed by atoms with E-state index in [0.717, 1.165) is 30.8 Å². The molecule has 2 amide bonds. The molecular weight excluding hydrogens is 439 g/mol. The van der Waals surface area contributed by atoms with E-state index in [4.69, 9.17) is 9.47 Å². The highest BCUT2D eigenvalue weighted by atomic mass is 19.4. The molecule has 1 aliphatic rings. The summed E-state index contributed by atoms with van der Waals surface area (Å²) in [6, 6.07) is 11.4. The first-order valence-electron chi connectivity index (χ1n) is 10.6. The lowest BCUT2D eigenvalue weighted by Gasteiger charge is -2.26. The van der Waals surface area contributed by atoms with Gasteiger partial charge in [-0.1, -0.05) is 18.2 Å². The van der Waals surface area contributed by atoms with Crippen LogP contribution in [0.15, 0.2) is 48.5 Å². The zero-order chi connectivity index (χ0) is 23.7. The molecule has 0 saturated carbocycles. The highest BCUT2D eigenvalue weighted by Crippen LogP contribution is 2.31. The molecule has 0 spiro atoms. The van der Waals surface area contributed by atoms with Crippen LogP contribution in [0, 0.1) is 0 Å². The molecule has 178 valence electrons. The van der Waals surface area contributed by atoms with Gasteiger partial charge in [-0.2, -0.15) is 13.2 Å². The van der Waals surface area contributed by atoms with Gasteiger partial charge in [0.25, 0.3) is 5.91 Å². The van der Waals surface area contributed by atoms with Gasteiger partial charge in [-0.05, 0) is 35.9 Å². The minimum atomic E-state index is -4.48. The van der Waals surface area contributed by atoms with Gasteiger partial charge in [0.1, 0.15) is 5.75 Å². The van der Waals surface area contributed by atoms with Gasteiger partial charge in [0.2, 0.25) is 5.91 Å². The van der Waals surface area contributed by atoms with Crippen LogP contribution in [0.4, 0.5) is 18.9 Å². The Kier molecular flexibility index (Phi) is 8.67. The average molecular weight is 465 g/mol. The second-order valence-corrected chi connectivity index (χ2v) is 7.54. The van der Waals surface area contributed by atoms with E-state index in [0.29, 0.717) is 31.9 Å². The van der Waals surface area contributed by atoms with Gasteiger partial charge in [-0.15, -0.1) is 0 Å². The van der Waals surface area contributed by atoms with Gasteiger partial charge in [0, 0.05) is 38.3 Å². The smallest absolute Gasteiger partial charge is 0.416 e. The van der Waals surface area contributed by atoms with Gasteiger partial charge >= 0.3 is 6.18 Å². The van der Waals surface area contributed by atoms with Crippen LogP contribution in [0.1, 0.15) is 17.5 Å². The van der Waals surface area contributed by atoms with Gasteiger partial charge in [-0.3, -0.25) is 14.5 Å². The van der Waals surface area contributed by atoms with Crippen LogP contribution in [-0.2, 0) is 27.0 Å². The van der Waals surface area contributed by atoms with E-state index in [1.165, 1.54) is 12.1 Å². The van der Waals surface area contributed by atoms with Crippen LogP contribution in [0.2, 0.25) is 0 Å². The van der Waals surface area contributed by atoms with Crippen LogP contribution in [-0.4, -0.2) is 56.2 Å². The third-order valence-corrected chi connectivity index (χ3v) is 4.99. The van der Waals surface area contributed by atoms with E-state index in [2.05, 4.69) is 15.5 Å². The molecule has 0 aromatic heterocycles. The van der Waals surface area contributed by atoms with Gasteiger partial charge in [0.15, 0.2) is 6.61 Å². The summed E-state index contributed by atoms with van der Waals surface area (Å²) < 4.78 is 48.7. The third-order valence-electron chi connectivity index (χ3n) is 4.99. The van der Waals surface area contributed by atoms with Crippen LogP contribution in [0.3, 0.4) is 0 Å². The number of anilines is 1. The topological polar surface area (TPSA) is 79.9 Å². The number of alkyl halides is 3. The largest absolute Gasteiger partial charge is 0.484 e. The summed E-state index contributed by atoms with van der Waals surface area (Å²) in [6.07, 6.45) is -4.11. The number of nitrogens with one attached hydrogen (secondary N) is 2. The van der Waals surface area contributed by atoms with E-state index < -0.39 is 24.3 Å². The van der Waals surface area contributed by atoms with E-state index in [1.807, 2.05) is 0 Å². The Morgan fingerprint density at radius 1 is 1.03 bits per heavy atom. The van der Waals surface area contributed by atoms with Crippen molar-refractivity contribution in [2.75, 3.05) is 44.8 Å². The van der Waals surface area contributed by atoms with Crippen LogP contribution in [0.25, 0.3) is 0 Å². The van der Waals surface area contributed by atoms with Crippen molar-refractivity contribution < 1.29 is 32.2 Å². The van der Waals surface area contributed by atoms with E-state index in [9.17, 15) is 22.8 Å². The van der Waals surface area contributed by atoms with Crippen molar-refractivity contribution >= 4 is 17.5 Å². The fourth-order valence-electron chi connectivity index (χ4n) is 3.23. The number of carbonyl (C=O) groups excluding carboxylic acids is 2. The van der Waals surface area contributed by atoms with E-state index >= 15 is 0 Å². The Hall–Kier alpha value is -3.11. The van der Waals surface area contributed by atoms with E-state index in [-0.39, 0.29) is 18.2 Å². The lowest BCUT2D eigenvalue weighted by Crippen LogP contribution is -2.38. The summed E-state index contributed by atoms with van der Waals surface area (Å²) in [5.41, 5.74) is 0.534. The van der Waals surface area contributed by atoms with Gasteiger partial charge in [0.05, 0.1) is 18.8 Å². The third kappa shape index (κ3) is 8.39. The number of carbonyl (C=O) groups is 2. The number of nitrogens with zero attached hydrogens (tertiary/aromatic N) is 1. The van der Waals surface area contributed by atoms with Gasteiger partial charge in [-0.25, -0.2) is 0 Å². The Morgan fingerprint density at radius 3 is 2.55 bits per heavy atom. The maximum absolute atomic E-state index is 12.7. The first kappa shape index (κ1) is 24.5. The summed E-state index contributed by atoms with van der Waals surface area (Å²) in [4.78, 5) is 26.4. The van der Waals surface area contributed by atoms with Crippen LogP contribution < -0.4 is 15.4 Å². The number of rotatable bonds is 9. The fourth-order valence-corrected chi connectivity index (χ4v) is 3.23. The van der Waals surface area contributed by atoms with Crippen molar-refractivity contribution in [2.24, 2.45) is 0 Å². The van der Waals surface area contributed by atoms with E-state index in [1.54, 1.807) is 24.3 Å². The molecular formula is C23H26F3N3O4. The van der Waals surface area contributed by atoms with Crippen LogP contribution in [0.5, 0.6) is 5.75 Å². The van der Waals surface area contributed by atoms with Crippen molar-refractivity contribution in [2.45, 2.75) is 19.1 Å². The Morgan fingerprint density at radius 2 is 1.79 bits per heavy atom. The zero-order valence-corrected chi connectivity index (χ0v) is 18.0. The molecule has 0 atom stereocenters. The molecule has 2 aromatic carbocycles. The Bertz CT molecular complexity index is 947. The molecule has 0 radical (unpaired) electrons. The monoisotopic (exact) mass is 465 g/mol. The SMILES string of the molecule is O=C(COc1cccc(C(F)(F)F)c1)NCc1cccc(NC(=O)CCN2CCOCC2)c1. The number of amides is 2. The first-order valence-corrected chi connectivity index (χ1v) is 10.6. The quantitative estimate of drug-likeness (QED) is 0.595. The molecule has 0 unspecified atom stereocenters. The molecule has 1 saturated heterocycles. The predicted octanol–water partition coefficient (Wildman–Crippen LogP) is 3.06. The molecule has 1 fully saturated rings. The lowest BCUT2D eigenvalue weighted by atomic mass is 10.2. The van der Waals surface area contributed by atoms with Crippen molar-refractivity contribution in [1.82, 2.24) is 10.2 Å². The van der Waals surface area contributed by atoms with Crippen LogP contribution >= 0.6 is 0 Å². The second kappa shape index (κ2) is 11.7. The lowest BCUT2D eigenvalue weighted by molar-refractivity contribution is -0.137. The molecule has 2 N–H and O–H groups in total. The molecule has 0 aliphatic carbocycles. The molecule has 10 heteroatoms. The Balaban J connectivity index is 1.41. The average Bonchev–Trinajstić information content (AvgIpc) is 2.81. The van der Waals surface area contributed by atoms with Crippen molar-refractivity contribution in [3.63, 3.8) is 0 Å². The molecule has 1 heterocycles. The summed E-state index contributed by atoms with van der Waals surface area (Å²) in [5.74, 6) is -0.619. The van der Waals surface area contributed by atoms with Crippen molar-refractivity contribution in [3.8, 4) is 5.75 Å². The molecule has 33 heavy (non-hydrogen) atoms. The number of morpholine rings is 1. The molecule has 2 aromatic rings. The fraction of sp³-hybridized carbons (Fsp3) is 0.391. The molecule has 3 rings (SSSR count). The number of hydrogen-bond acceptors (Lipinski definition) is 5. The summed E-state index contributed by atoms with van der Waals surface area (Å²) >= 11 is 0. The maximum atomic E-state index is 12.7. The minimum absolute atomic E-state index is 0.0400. The number of halogens is 3. The highest BCUT2D eigenvalue weighted by molar-refractivity contribution is 5.90. The summed E-state index contributed by atoms with van der Waals surface area (Å²) in [7, 11) is 0. The normalized spacial score (nSPS) is 14.5. The number of hydrogen-bond donors (Lipinski definition) is 2. The highest BCUT2D eigenvalue weighted by Gasteiger charge is 2.30. The predicted molar refractivity (Wildman–Crippen MR) is 116 cm³/mol. The summed E-state index contributed by atoms with van der Waals surface area (Å²) in [6.45, 7) is 3.43. The van der Waals surface area contributed by atoms with Crippen molar-refractivity contribution in [1.29, 1.82) is 0 Å². The minimum Gasteiger partial charge on any atom is -0.484 e. The second-order valence-electron chi connectivity index (χ2n) is 7.54. The molecule has 1 aliphatic heterocycles. The summed E-state index contributed by atoms with van der Waals surface area (Å²) in [5, 5.41) is 5.49. The molecule has 7 nitrogen and oxygen atoms in total. The number of ether oxygens (including phenoxy) is 2. The first-order chi connectivity index (χ1) is 15.8. The maximum Gasteiger partial charge on any atom is 0.416 e. The van der Waals surface area contributed by atoms with Crippen molar-refractivity contribution in [3.05, 3.63) is 59.7 Å². The van der Waals surface area contributed by atoms with Gasteiger partial charge < -0.3 is 20.1 Å². The molecule has 0 bridgehead atoms. The Labute approximate surface area is 189 Å². The zero-order valence-electron chi connectivity index (χ0n) is 18.0. The number of benzene rings is 2. The standard InChI is InChI=1S/C23H26F3N3O4/c24-23(25,26)18-4-2-6-20(14-18)33-16-22(31)27-15-17-3-1-5-19(13-17)28-21(30)7-8-29-9-11-32-12-10-29/h1-6,13-14H,7-12,15-16H2,(H,27,31)(H,28,30).